The van der Waals surface area contributed by atoms with Gasteiger partial charge in [0.25, 0.3) is 11.5 Å². The lowest BCUT2D eigenvalue weighted by atomic mass is 9.96. The second kappa shape index (κ2) is 7.90. The maximum Gasteiger partial charge on any atom is 0.265 e. The van der Waals surface area contributed by atoms with E-state index in [0.717, 1.165) is 36.5 Å². The summed E-state index contributed by atoms with van der Waals surface area (Å²) in [6, 6.07) is 15.4. The highest BCUT2D eigenvalue weighted by Crippen LogP contribution is 2.21. The van der Waals surface area contributed by atoms with E-state index in [9.17, 15) is 9.59 Å². The quantitative estimate of drug-likeness (QED) is 0.491. The van der Waals surface area contributed by atoms with Crippen LogP contribution in [0.5, 0.6) is 0 Å². The summed E-state index contributed by atoms with van der Waals surface area (Å²) in [5.41, 5.74) is 1.33. The summed E-state index contributed by atoms with van der Waals surface area (Å²) in [7, 11) is 0. The van der Waals surface area contributed by atoms with E-state index in [1.165, 1.54) is 23.7 Å². The van der Waals surface area contributed by atoms with Crippen LogP contribution in [0.1, 0.15) is 55.3 Å². The molecule has 5 nitrogen and oxygen atoms in total. The van der Waals surface area contributed by atoms with E-state index < -0.39 is 0 Å². The molecule has 0 unspecified atom stereocenters. The predicted molar refractivity (Wildman–Crippen MR) is 120 cm³/mol. The average molecular weight is 399 g/mol. The monoisotopic (exact) mass is 399 g/mol. The molecule has 2 heterocycles. The number of rotatable bonds is 2. The van der Waals surface area contributed by atoms with E-state index >= 15 is 0 Å². The summed E-state index contributed by atoms with van der Waals surface area (Å²) in [6.07, 6.45) is 9.77. The first-order chi connectivity index (χ1) is 14.7. The molecular formula is C25H25N3O2. The lowest BCUT2D eigenvalue weighted by Gasteiger charge is -2.21. The minimum atomic E-state index is -0.152. The molecule has 1 amide bonds. The number of amides is 1. The normalized spacial score (nSPS) is 15.9. The number of carbonyl (C=O) groups is 1. The average Bonchev–Trinajstić information content (AvgIpc) is 2.74. The van der Waals surface area contributed by atoms with Crippen molar-refractivity contribution in [2.45, 2.75) is 51.0 Å². The first-order valence-corrected chi connectivity index (χ1v) is 10.9. The van der Waals surface area contributed by atoms with Gasteiger partial charge in [-0.2, -0.15) is 0 Å². The summed E-state index contributed by atoms with van der Waals surface area (Å²) in [5.74, 6) is -0.147. The van der Waals surface area contributed by atoms with Gasteiger partial charge >= 0.3 is 0 Å². The number of aromatic nitrogens is 2. The molecule has 1 aliphatic carbocycles. The fourth-order valence-corrected chi connectivity index (χ4v) is 4.56. The van der Waals surface area contributed by atoms with Crippen molar-refractivity contribution in [2.75, 3.05) is 0 Å². The summed E-state index contributed by atoms with van der Waals surface area (Å²) < 4.78 is 1.49. The van der Waals surface area contributed by atoms with E-state index in [2.05, 4.69) is 5.32 Å². The Hall–Kier alpha value is -3.21. The number of nitrogens with zero attached hydrogens (tertiary/aromatic N) is 2. The second-order valence-corrected chi connectivity index (χ2v) is 8.26. The Balaban J connectivity index is 1.59. The number of hydrogen-bond donors (Lipinski definition) is 1. The zero-order valence-electron chi connectivity index (χ0n) is 16.9. The summed E-state index contributed by atoms with van der Waals surface area (Å²) in [5, 5.41) is 5.78. The summed E-state index contributed by atoms with van der Waals surface area (Å²) in [6.45, 7) is 0. The second-order valence-electron chi connectivity index (χ2n) is 8.26. The van der Waals surface area contributed by atoms with Crippen LogP contribution < -0.4 is 10.9 Å². The molecule has 0 radical (unpaired) electrons. The summed E-state index contributed by atoms with van der Waals surface area (Å²) in [4.78, 5) is 31.0. The van der Waals surface area contributed by atoms with E-state index in [1.54, 1.807) is 18.3 Å². The molecule has 0 atom stereocenters. The van der Waals surface area contributed by atoms with Crippen molar-refractivity contribution in [3.05, 3.63) is 70.6 Å². The molecule has 2 aromatic carbocycles. The van der Waals surface area contributed by atoms with Gasteiger partial charge in [0.15, 0.2) is 5.65 Å². The topological polar surface area (TPSA) is 63.5 Å². The maximum absolute atomic E-state index is 13.2. The molecule has 0 bridgehead atoms. The van der Waals surface area contributed by atoms with Crippen molar-refractivity contribution in [2.24, 2.45) is 0 Å². The van der Waals surface area contributed by atoms with Crippen LogP contribution >= 0.6 is 0 Å². The van der Waals surface area contributed by atoms with Gasteiger partial charge < -0.3 is 5.32 Å². The number of fused-ring (bicyclic) bond motifs is 3. The molecule has 0 aliphatic heterocycles. The third kappa shape index (κ3) is 3.45. The number of pyridine rings is 1. The standard InChI is InChI=1S/C25H25N3O2/c29-24(26-19-11-4-2-1-3-5-12-19)20-13-8-14-28-23(20)27-22-16-18-10-7-6-9-17(18)15-21(22)25(28)30/h6-10,13-16,19H,1-5,11-12H2,(H,26,29). The Labute approximate surface area is 174 Å². The smallest absolute Gasteiger partial charge is 0.265 e. The SMILES string of the molecule is O=C(NC1CCCCCCC1)c1cccn2c(=O)c3cc4ccccc4cc3nc12. The molecule has 1 fully saturated rings. The first kappa shape index (κ1) is 18.8. The first-order valence-electron chi connectivity index (χ1n) is 10.9. The highest BCUT2D eigenvalue weighted by molar-refractivity contribution is 6.02. The van der Waals surface area contributed by atoms with Crippen LogP contribution in [0.15, 0.2) is 59.5 Å². The molecular weight excluding hydrogens is 374 g/mol. The van der Waals surface area contributed by atoms with Crippen LogP contribution in [0.2, 0.25) is 0 Å². The van der Waals surface area contributed by atoms with Crippen LogP contribution in [0.25, 0.3) is 27.3 Å². The lowest BCUT2D eigenvalue weighted by molar-refractivity contribution is 0.0931. The highest BCUT2D eigenvalue weighted by Gasteiger charge is 2.19. The maximum atomic E-state index is 13.2. The van der Waals surface area contributed by atoms with Crippen LogP contribution in [0.3, 0.4) is 0 Å². The van der Waals surface area contributed by atoms with Gasteiger partial charge in [0.1, 0.15) is 0 Å². The van der Waals surface area contributed by atoms with Crippen molar-refractivity contribution in [3.63, 3.8) is 0 Å². The van der Waals surface area contributed by atoms with Crippen LogP contribution in [0, 0.1) is 0 Å². The summed E-state index contributed by atoms with van der Waals surface area (Å²) >= 11 is 0. The zero-order chi connectivity index (χ0) is 20.5. The Morgan fingerprint density at radius 2 is 1.63 bits per heavy atom. The Morgan fingerprint density at radius 1 is 0.933 bits per heavy atom. The van der Waals surface area contributed by atoms with E-state index in [1.807, 2.05) is 36.4 Å². The van der Waals surface area contributed by atoms with Gasteiger partial charge in [0.05, 0.1) is 16.5 Å². The molecule has 0 spiro atoms. The van der Waals surface area contributed by atoms with E-state index in [-0.39, 0.29) is 17.5 Å². The zero-order valence-corrected chi connectivity index (χ0v) is 16.9. The van der Waals surface area contributed by atoms with Crippen molar-refractivity contribution in [3.8, 4) is 0 Å². The fourth-order valence-electron chi connectivity index (χ4n) is 4.56. The van der Waals surface area contributed by atoms with E-state index in [0.29, 0.717) is 22.1 Å². The van der Waals surface area contributed by atoms with Crippen molar-refractivity contribution < 1.29 is 4.79 Å². The lowest BCUT2D eigenvalue weighted by Crippen LogP contribution is -2.36. The van der Waals surface area contributed by atoms with Crippen LogP contribution in [-0.4, -0.2) is 21.3 Å². The molecule has 30 heavy (non-hydrogen) atoms. The third-order valence-corrected chi connectivity index (χ3v) is 6.19. The van der Waals surface area contributed by atoms with Crippen molar-refractivity contribution in [1.82, 2.24) is 14.7 Å². The molecule has 1 saturated carbocycles. The van der Waals surface area contributed by atoms with Gasteiger partial charge in [0, 0.05) is 12.2 Å². The van der Waals surface area contributed by atoms with E-state index in [4.69, 9.17) is 4.98 Å². The Kier molecular flexibility index (Phi) is 4.95. The minimum Gasteiger partial charge on any atom is -0.349 e. The number of nitrogens with one attached hydrogen (secondary N) is 1. The fraction of sp³-hybridized carbons (Fsp3) is 0.320. The molecule has 1 N–H and O–H groups in total. The number of hydrogen-bond acceptors (Lipinski definition) is 3. The molecule has 5 heteroatoms. The molecule has 2 aromatic heterocycles. The van der Waals surface area contributed by atoms with Gasteiger partial charge in [-0.05, 0) is 47.9 Å². The van der Waals surface area contributed by atoms with Crippen LogP contribution in [0.4, 0.5) is 0 Å². The largest absolute Gasteiger partial charge is 0.349 e. The number of benzene rings is 2. The van der Waals surface area contributed by atoms with Gasteiger partial charge in [-0.1, -0.05) is 56.4 Å². The number of carbonyl (C=O) groups excluding carboxylic acids is 1. The highest BCUT2D eigenvalue weighted by atomic mass is 16.2. The van der Waals surface area contributed by atoms with Gasteiger partial charge in [0.2, 0.25) is 0 Å². The Morgan fingerprint density at radius 3 is 2.40 bits per heavy atom. The van der Waals surface area contributed by atoms with Crippen LogP contribution in [-0.2, 0) is 0 Å². The Bertz CT molecular complexity index is 1300. The predicted octanol–water partition coefficient (Wildman–Crippen LogP) is 4.84. The van der Waals surface area contributed by atoms with Gasteiger partial charge in [-0.15, -0.1) is 0 Å². The minimum absolute atomic E-state index is 0.147. The van der Waals surface area contributed by atoms with Crippen molar-refractivity contribution in [1.29, 1.82) is 0 Å². The van der Waals surface area contributed by atoms with Gasteiger partial charge in [-0.3, -0.25) is 14.0 Å². The third-order valence-electron chi connectivity index (χ3n) is 6.19. The molecule has 4 aromatic rings. The molecule has 5 rings (SSSR count). The molecule has 1 aliphatic rings. The molecule has 0 saturated heterocycles. The van der Waals surface area contributed by atoms with Crippen molar-refractivity contribution >= 4 is 33.2 Å². The van der Waals surface area contributed by atoms with Gasteiger partial charge in [-0.25, -0.2) is 4.98 Å². The molecule has 152 valence electrons.